The molecule has 2 atom stereocenters. The average Bonchev–Trinajstić information content (AvgIpc) is 2.21. The molecule has 1 aliphatic rings. The van der Waals surface area contributed by atoms with Crippen LogP contribution < -0.4 is 5.73 Å². The molecule has 1 heterocycles. The average molecular weight is 213 g/mol. The molecule has 0 bridgehead atoms. The Hall–Kier alpha value is -0.610. The molecule has 2 N–H and O–H groups in total. The molecule has 0 aromatic carbocycles. The molecule has 1 saturated heterocycles. The normalized spacial score (nSPS) is 25.3. The Morgan fingerprint density at radius 2 is 2.20 bits per heavy atom. The van der Waals surface area contributed by atoms with E-state index in [1.807, 2.05) is 4.90 Å². The zero-order valence-corrected chi connectivity index (χ0v) is 10.1. The number of likely N-dealkylation sites (N-methyl/N-ethyl adjacent to an activating group) is 1. The van der Waals surface area contributed by atoms with Gasteiger partial charge >= 0.3 is 0 Å². The van der Waals surface area contributed by atoms with E-state index in [0.717, 1.165) is 32.5 Å². The number of nitrogens with zero attached hydrogens (tertiary/aromatic N) is 2. The minimum atomic E-state index is -0.300. The molecular formula is C11H23N3O. The Balaban J connectivity index is 2.47. The first-order chi connectivity index (χ1) is 7.06. The van der Waals surface area contributed by atoms with Gasteiger partial charge in [-0.25, -0.2) is 0 Å². The fourth-order valence-electron chi connectivity index (χ4n) is 1.92. The molecule has 1 unspecified atom stereocenters. The summed E-state index contributed by atoms with van der Waals surface area (Å²) in [4.78, 5) is 16.1. The van der Waals surface area contributed by atoms with E-state index in [1.54, 1.807) is 0 Å². The second-order valence-corrected chi connectivity index (χ2v) is 4.51. The van der Waals surface area contributed by atoms with Crippen LogP contribution in [0.2, 0.25) is 0 Å². The van der Waals surface area contributed by atoms with Gasteiger partial charge in [0.2, 0.25) is 5.91 Å². The standard InChI is InChI=1S/C11H23N3O/c1-4-5-10(12)11(15)14-7-6-13(3)9(2)8-14/h9-10H,4-8,12H2,1-3H3/t9?,10-/m0/s1. The van der Waals surface area contributed by atoms with Crippen molar-refractivity contribution in [3.63, 3.8) is 0 Å². The van der Waals surface area contributed by atoms with E-state index in [-0.39, 0.29) is 11.9 Å². The van der Waals surface area contributed by atoms with Crippen molar-refractivity contribution in [2.75, 3.05) is 26.7 Å². The predicted molar refractivity (Wildman–Crippen MR) is 61.6 cm³/mol. The van der Waals surface area contributed by atoms with Gasteiger partial charge in [-0.05, 0) is 20.4 Å². The maximum atomic E-state index is 11.9. The number of piperazine rings is 1. The molecule has 0 radical (unpaired) electrons. The molecule has 4 heteroatoms. The number of nitrogens with two attached hydrogens (primary N) is 1. The third-order valence-corrected chi connectivity index (χ3v) is 3.19. The fourth-order valence-corrected chi connectivity index (χ4v) is 1.92. The highest BCUT2D eigenvalue weighted by atomic mass is 16.2. The third-order valence-electron chi connectivity index (χ3n) is 3.19. The molecule has 0 spiro atoms. The van der Waals surface area contributed by atoms with Crippen LogP contribution in [0, 0.1) is 0 Å². The predicted octanol–water partition coefficient (Wildman–Crippen LogP) is 0.276. The zero-order chi connectivity index (χ0) is 11.4. The summed E-state index contributed by atoms with van der Waals surface area (Å²) >= 11 is 0. The lowest BCUT2D eigenvalue weighted by molar-refractivity contribution is -0.135. The summed E-state index contributed by atoms with van der Waals surface area (Å²) in [7, 11) is 2.10. The van der Waals surface area contributed by atoms with Gasteiger partial charge in [0.25, 0.3) is 0 Å². The third kappa shape index (κ3) is 3.18. The number of hydrogen-bond donors (Lipinski definition) is 1. The molecule has 1 amide bonds. The maximum Gasteiger partial charge on any atom is 0.239 e. The van der Waals surface area contributed by atoms with Crippen LogP contribution in [0.25, 0.3) is 0 Å². The van der Waals surface area contributed by atoms with Crippen molar-refractivity contribution in [2.45, 2.75) is 38.8 Å². The Morgan fingerprint density at radius 3 is 2.73 bits per heavy atom. The minimum absolute atomic E-state index is 0.122. The fraction of sp³-hybridized carbons (Fsp3) is 0.909. The Labute approximate surface area is 92.4 Å². The first kappa shape index (κ1) is 12.5. The first-order valence-electron chi connectivity index (χ1n) is 5.80. The molecule has 4 nitrogen and oxygen atoms in total. The summed E-state index contributed by atoms with van der Waals surface area (Å²) in [6.07, 6.45) is 1.76. The molecule has 0 aromatic heterocycles. The molecule has 88 valence electrons. The lowest BCUT2D eigenvalue weighted by Gasteiger charge is -2.38. The van der Waals surface area contributed by atoms with Gasteiger partial charge in [-0.15, -0.1) is 0 Å². The van der Waals surface area contributed by atoms with Crippen molar-refractivity contribution >= 4 is 5.91 Å². The van der Waals surface area contributed by atoms with Gasteiger partial charge < -0.3 is 15.5 Å². The quantitative estimate of drug-likeness (QED) is 0.732. The van der Waals surface area contributed by atoms with Crippen molar-refractivity contribution in [3.05, 3.63) is 0 Å². The molecule has 0 saturated carbocycles. The molecular weight excluding hydrogens is 190 g/mol. The van der Waals surface area contributed by atoms with E-state index in [9.17, 15) is 4.79 Å². The van der Waals surface area contributed by atoms with Crippen LogP contribution in [0.1, 0.15) is 26.7 Å². The summed E-state index contributed by atoms with van der Waals surface area (Å²) in [5.41, 5.74) is 5.83. The van der Waals surface area contributed by atoms with Gasteiger partial charge in [-0.2, -0.15) is 0 Å². The summed E-state index contributed by atoms with van der Waals surface area (Å²) in [5.74, 6) is 0.122. The van der Waals surface area contributed by atoms with Gasteiger partial charge in [0, 0.05) is 25.7 Å². The van der Waals surface area contributed by atoms with Gasteiger partial charge in [0.1, 0.15) is 0 Å². The summed E-state index contributed by atoms with van der Waals surface area (Å²) < 4.78 is 0. The van der Waals surface area contributed by atoms with Gasteiger partial charge in [-0.1, -0.05) is 13.3 Å². The van der Waals surface area contributed by atoms with Crippen LogP contribution in [0.4, 0.5) is 0 Å². The summed E-state index contributed by atoms with van der Waals surface area (Å²) in [6.45, 7) is 6.78. The molecule has 1 rings (SSSR count). The minimum Gasteiger partial charge on any atom is -0.339 e. The van der Waals surface area contributed by atoms with Crippen LogP contribution in [-0.2, 0) is 4.79 Å². The van der Waals surface area contributed by atoms with Gasteiger partial charge in [0.15, 0.2) is 0 Å². The van der Waals surface area contributed by atoms with Crippen molar-refractivity contribution < 1.29 is 4.79 Å². The molecule has 15 heavy (non-hydrogen) atoms. The Morgan fingerprint density at radius 1 is 1.53 bits per heavy atom. The molecule has 0 aromatic rings. The number of rotatable bonds is 3. The first-order valence-corrected chi connectivity index (χ1v) is 5.80. The Bertz CT molecular complexity index is 220. The number of hydrogen-bond acceptors (Lipinski definition) is 3. The Kier molecular flexibility index (Phi) is 4.54. The smallest absolute Gasteiger partial charge is 0.239 e. The van der Waals surface area contributed by atoms with E-state index < -0.39 is 0 Å². The lowest BCUT2D eigenvalue weighted by atomic mass is 10.1. The monoisotopic (exact) mass is 213 g/mol. The van der Waals surface area contributed by atoms with E-state index >= 15 is 0 Å². The molecule has 0 aliphatic carbocycles. The van der Waals surface area contributed by atoms with Crippen molar-refractivity contribution in [1.29, 1.82) is 0 Å². The SMILES string of the molecule is CCC[C@H](N)C(=O)N1CCN(C)C(C)C1. The lowest BCUT2D eigenvalue weighted by Crippen LogP contribution is -2.55. The number of carbonyl (C=O) groups is 1. The van der Waals surface area contributed by atoms with Gasteiger partial charge in [0.05, 0.1) is 6.04 Å². The number of amides is 1. The van der Waals surface area contributed by atoms with Crippen LogP contribution >= 0.6 is 0 Å². The maximum absolute atomic E-state index is 11.9. The van der Waals surface area contributed by atoms with Crippen LogP contribution in [0.15, 0.2) is 0 Å². The summed E-state index contributed by atoms with van der Waals surface area (Å²) in [6, 6.07) is 0.141. The van der Waals surface area contributed by atoms with E-state index in [1.165, 1.54) is 0 Å². The van der Waals surface area contributed by atoms with E-state index in [2.05, 4.69) is 25.8 Å². The van der Waals surface area contributed by atoms with Crippen LogP contribution in [0.5, 0.6) is 0 Å². The highest BCUT2D eigenvalue weighted by Gasteiger charge is 2.26. The topological polar surface area (TPSA) is 49.6 Å². The highest BCUT2D eigenvalue weighted by molar-refractivity contribution is 5.81. The van der Waals surface area contributed by atoms with Crippen molar-refractivity contribution in [3.8, 4) is 0 Å². The van der Waals surface area contributed by atoms with Crippen LogP contribution in [0.3, 0.4) is 0 Å². The van der Waals surface area contributed by atoms with E-state index in [4.69, 9.17) is 5.73 Å². The van der Waals surface area contributed by atoms with Crippen molar-refractivity contribution in [1.82, 2.24) is 9.80 Å². The van der Waals surface area contributed by atoms with E-state index in [0.29, 0.717) is 6.04 Å². The second kappa shape index (κ2) is 5.47. The number of carbonyl (C=O) groups excluding carboxylic acids is 1. The van der Waals surface area contributed by atoms with Gasteiger partial charge in [-0.3, -0.25) is 4.79 Å². The highest BCUT2D eigenvalue weighted by Crippen LogP contribution is 2.09. The second-order valence-electron chi connectivity index (χ2n) is 4.51. The molecule has 1 fully saturated rings. The molecule has 1 aliphatic heterocycles. The van der Waals surface area contributed by atoms with Crippen LogP contribution in [-0.4, -0.2) is 54.5 Å². The largest absolute Gasteiger partial charge is 0.339 e. The zero-order valence-electron chi connectivity index (χ0n) is 10.1. The van der Waals surface area contributed by atoms with Crippen molar-refractivity contribution in [2.24, 2.45) is 5.73 Å². The summed E-state index contributed by atoms with van der Waals surface area (Å²) in [5, 5.41) is 0.